The van der Waals surface area contributed by atoms with E-state index in [1.54, 1.807) is 0 Å². The van der Waals surface area contributed by atoms with Crippen molar-refractivity contribution >= 4 is 23.2 Å². The predicted octanol–water partition coefficient (Wildman–Crippen LogP) is 3.95. The van der Waals surface area contributed by atoms with Crippen molar-refractivity contribution in [3.63, 3.8) is 0 Å². The first-order valence-corrected chi connectivity index (χ1v) is 4.83. The zero-order valence-corrected chi connectivity index (χ0v) is 9.00. The van der Waals surface area contributed by atoms with Crippen molar-refractivity contribution in [2.24, 2.45) is 5.73 Å². The predicted molar refractivity (Wildman–Crippen MR) is 54.1 cm³/mol. The maximum Gasteiger partial charge on any atom is 0.390 e. The number of nitrogens with two attached hydrogens (primary N) is 1. The first-order valence-electron chi connectivity index (χ1n) is 4.07. The Bertz CT molecular complexity index is 352. The number of halogens is 5. The summed E-state index contributed by atoms with van der Waals surface area (Å²) in [6.45, 7) is 0. The molecule has 6 heteroatoms. The standard InChI is InChI=1S/C9H8Cl2F3N/c10-6-3-1-2-5(8(6)11)7(15)4-9(12,13)14/h1-3,7H,4,15H2. The molecule has 84 valence electrons. The van der Waals surface area contributed by atoms with E-state index in [2.05, 4.69) is 0 Å². The molecule has 0 fully saturated rings. The largest absolute Gasteiger partial charge is 0.390 e. The molecule has 0 spiro atoms. The summed E-state index contributed by atoms with van der Waals surface area (Å²) in [4.78, 5) is 0. The lowest BCUT2D eigenvalue weighted by Crippen LogP contribution is -2.20. The van der Waals surface area contributed by atoms with E-state index in [4.69, 9.17) is 28.9 Å². The Morgan fingerprint density at radius 1 is 1.27 bits per heavy atom. The zero-order chi connectivity index (χ0) is 11.6. The van der Waals surface area contributed by atoms with Gasteiger partial charge in [0.05, 0.1) is 16.5 Å². The number of benzene rings is 1. The third-order valence-electron chi connectivity index (χ3n) is 1.83. The van der Waals surface area contributed by atoms with Gasteiger partial charge in [-0.2, -0.15) is 13.2 Å². The van der Waals surface area contributed by atoms with Gasteiger partial charge in [0.1, 0.15) is 0 Å². The number of hydrogen-bond donors (Lipinski definition) is 1. The van der Waals surface area contributed by atoms with Crippen LogP contribution in [0.4, 0.5) is 13.2 Å². The summed E-state index contributed by atoms with van der Waals surface area (Å²) in [6.07, 6.45) is -5.43. The van der Waals surface area contributed by atoms with E-state index < -0.39 is 18.6 Å². The molecule has 2 N–H and O–H groups in total. The first kappa shape index (κ1) is 12.6. The van der Waals surface area contributed by atoms with Crippen molar-refractivity contribution < 1.29 is 13.2 Å². The minimum absolute atomic E-state index is 0.0796. The van der Waals surface area contributed by atoms with Crippen LogP contribution in [0.1, 0.15) is 18.0 Å². The highest BCUT2D eigenvalue weighted by molar-refractivity contribution is 6.42. The van der Waals surface area contributed by atoms with E-state index in [1.165, 1.54) is 18.2 Å². The van der Waals surface area contributed by atoms with Crippen LogP contribution in [0.25, 0.3) is 0 Å². The van der Waals surface area contributed by atoms with Gasteiger partial charge in [-0.25, -0.2) is 0 Å². The lowest BCUT2D eigenvalue weighted by atomic mass is 10.0. The zero-order valence-electron chi connectivity index (χ0n) is 7.48. The monoisotopic (exact) mass is 257 g/mol. The van der Waals surface area contributed by atoms with E-state index in [-0.39, 0.29) is 15.6 Å². The average molecular weight is 258 g/mol. The molecule has 1 rings (SSSR count). The smallest absolute Gasteiger partial charge is 0.324 e. The summed E-state index contributed by atoms with van der Waals surface area (Å²) in [5.74, 6) is 0. The quantitative estimate of drug-likeness (QED) is 0.853. The Morgan fingerprint density at radius 3 is 2.40 bits per heavy atom. The SMILES string of the molecule is NC(CC(F)(F)F)c1cccc(Cl)c1Cl. The fraction of sp³-hybridized carbons (Fsp3) is 0.333. The van der Waals surface area contributed by atoms with Gasteiger partial charge in [-0.3, -0.25) is 0 Å². The highest BCUT2D eigenvalue weighted by Gasteiger charge is 2.31. The molecule has 1 aromatic carbocycles. The van der Waals surface area contributed by atoms with Gasteiger partial charge in [0, 0.05) is 6.04 Å². The topological polar surface area (TPSA) is 26.0 Å². The molecule has 1 aromatic rings. The number of alkyl halides is 3. The summed E-state index contributed by atoms with van der Waals surface area (Å²) < 4.78 is 36.2. The van der Waals surface area contributed by atoms with Crippen molar-refractivity contribution in [1.29, 1.82) is 0 Å². The van der Waals surface area contributed by atoms with Gasteiger partial charge < -0.3 is 5.73 Å². The molecule has 1 atom stereocenters. The maximum atomic E-state index is 12.1. The molecule has 15 heavy (non-hydrogen) atoms. The van der Waals surface area contributed by atoms with Crippen molar-refractivity contribution in [3.8, 4) is 0 Å². The lowest BCUT2D eigenvalue weighted by molar-refractivity contribution is -0.138. The fourth-order valence-electron chi connectivity index (χ4n) is 1.17. The molecule has 0 aromatic heterocycles. The van der Waals surface area contributed by atoms with Crippen LogP contribution in [0, 0.1) is 0 Å². The van der Waals surface area contributed by atoms with Gasteiger partial charge in [0.25, 0.3) is 0 Å². The van der Waals surface area contributed by atoms with Crippen molar-refractivity contribution in [1.82, 2.24) is 0 Å². The Kier molecular flexibility index (Phi) is 3.87. The molecule has 0 radical (unpaired) electrons. The molecule has 0 saturated heterocycles. The van der Waals surface area contributed by atoms with Crippen LogP contribution in [0.5, 0.6) is 0 Å². The van der Waals surface area contributed by atoms with Crippen molar-refractivity contribution in [2.45, 2.75) is 18.6 Å². The van der Waals surface area contributed by atoms with E-state index >= 15 is 0 Å². The van der Waals surface area contributed by atoms with E-state index in [0.717, 1.165) is 0 Å². The molecule has 1 unspecified atom stereocenters. The molecule has 0 amide bonds. The van der Waals surface area contributed by atoms with Crippen LogP contribution in [-0.2, 0) is 0 Å². The van der Waals surface area contributed by atoms with Gasteiger partial charge in [-0.15, -0.1) is 0 Å². The minimum atomic E-state index is -4.31. The fourth-order valence-corrected chi connectivity index (χ4v) is 1.61. The van der Waals surface area contributed by atoms with Crippen molar-refractivity contribution in [2.75, 3.05) is 0 Å². The molecular formula is C9H8Cl2F3N. The highest BCUT2D eigenvalue weighted by Crippen LogP contribution is 2.34. The molecule has 0 saturated carbocycles. The normalized spacial score (nSPS) is 14.0. The van der Waals surface area contributed by atoms with Gasteiger partial charge in [0.2, 0.25) is 0 Å². The Labute approximate surface area is 95.0 Å². The van der Waals surface area contributed by atoms with Crippen LogP contribution in [-0.4, -0.2) is 6.18 Å². The molecule has 0 bridgehead atoms. The van der Waals surface area contributed by atoms with Crippen molar-refractivity contribution in [3.05, 3.63) is 33.8 Å². The second kappa shape index (κ2) is 4.60. The first-order chi connectivity index (χ1) is 6.81. The summed E-state index contributed by atoms with van der Waals surface area (Å²) in [7, 11) is 0. The summed E-state index contributed by atoms with van der Waals surface area (Å²) in [5.41, 5.74) is 5.60. The minimum Gasteiger partial charge on any atom is -0.324 e. The molecular weight excluding hydrogens is 250 g/mol. The third kappa shape index (κ3) is 3.55. The number of hydrogen-bond acceptors (Lipinski definition) is 1. The lowest BCUT2D eigenvalue weighted by Gasteiger charge is -2.16. The molecule has 0 aliphatic heterocycles. The van der Waals surface area contributed by atoms with Crippen LogP contribution >= 0.6 is 23.2 Å². The molecule has 0 aliphatic rings. The van der Waals surface area contributed by atoms with Crippen LogP contribution in [0.15, 0.2) is 18.2 Å². The maximum absolute atomic E-state index is 12.1. The Balaban J connectivity index is 2.92. The van der Waals surface area contributed by atoms with E-state index in [9.17, 15) is 13.2 Å². The molecule has 0 heterocycles. The second-order valence-electron chi connectivity index (χ2n) is 3.07. The van der Waals surface area contributed by atoms with Crippen LogP contribution in [0.3, 0.4) is 0 Å². The van der Waals surface area contributed by atoms with Gasteiger partial charge in [-0.05, 0) is 11.6 Å². The molecule has 0 aliphatic carbocycles. The number of rotatable bonds is 2. The summed E-state index contributed by atoms with van der Waals surface area (Å²) >= 11 is 11.4. The Hall–Kier alpha value is -0.450. The van der Waals surface area contributed by atoms with Crippen LogP contribution < -0.4 is 5.73 Å². The summed E-state index contributed by atoms with van der Waals surface area (Å²) in [6, 6.07) is 3.26. The van der Waals surface area contributed by atoms with E-state index in [1.807, 2.05) is 0 Å². The van der Waals surface area contributed by atoms with Gasteiger partial charge in [-0.1, -0.05) is 35.3 Å². The highest BCUT2D eigenvalue weighted by atomic mass is 35.5. The molecule has 1 nitrogen and oxygen atoms in total. The Morgan fingerprint density at radius 2 is 1.87 bits per heavy atom. The van der Waals surface area contributed by atoms with Gasteiger partial charge >= 0.3 is 6.18 Å². The van der Waals surface area contributed by atoms with Crippen LogP contribution in [0.2, 0.25) is 10.0 Å². The van der Waals surface area contributed by atoms with Gasteiger partial charge in [0.15, 0.2) is 0 Å². The van der Waals surface area contributed by atoms with E-state index in [0.29, 0.717) is 0 Å². The second-order valence-corrected chi connectivity index (χ2v) is 3.85. The third-order valence-corrected chi connectivity index (χ3v) is 2.67. The summed E-state index contributed by atoms with van der Waals surface area (Å²) in [5, 5.41) is 0.280. The average Bonchev–Trinajstić information content (AvgIpc) is 2.06.